The van der Waals surface area contributed by atoms with Crippen molar-refractivity contribution < 1.29 is 19.4 Å². The van der Waals surface area contributed by atoms with Gasteiger partial charge >= 0.3 is 6.03 Å². The van der Waals surface area contributed by atoms with Gasteiger partial charge in [-0.2, -0.15) is 0 Å². The van der Waals surface area contributed by atoms with E-state index in [0.717, 1.165) is 37.7 Å². The molecule has 6 heteroatoms. The van der Waals surface area contributed by atoms with Crippen molar-refractivity contribution in [2.75, 3.05) is 19.8 Å². The van der Waals surface area contributed by atoms with E-state index in [2.05, 4.69) is 5.32 Å². The summed E-state index contributed by atoms with van der Waals surface area (Å²) in [6, 6.07) is 5.58. The van der Waals surface area contributed by atoms with Crippen molar-refractivity contribution >= 4 is 6.03 Å². The lowest BCUT2D eigenvalue weighted by Crippen LogP contribution is -2.49. The fourth-order valence-electron chi connectivity index (χ4n) is 3.97. The molecule has 2 aliphatic heterocycles. The van der Waals surface area contributed by atoms with Gasteiger partial charge in [-0.3, -0.25) is 0 Å². The monoisotopic (exact) mass is 332 g/mol. The van der Waals surface area contributed by atoms with E-state index in [1.807, 2.05) is 11.0 Å². The van der Waals surface area contributed by atoms with Crippen molar-refractivity contribution in [1.29, 1.82) is 0 Å². The number of fused-ring (bicyclic) bond motifs is 1. The van der Waals surface area contributed by atoms with Crippen molar-refractivity contribution in [3.05, 3.63) is 29.3 Å². The molecule has 0 aromatic heterocycles. The maximum Gasteiger partial charge on any atom is 0.317 e. The van der Waals surface area contributed by atoms with Crippen LogP contribution < -0.4 is 5.32 Å². The number of nitrogens with zero attached hydrogens (tertiary/aromatic N) is 1. The Labute approximate surface area is 141 Å². The standard InChI is InChI=1S/C18H24N2O4/c21-16-2-1-13-5-8-20(12-14(13)11-16)17(22)19-15-3-6-18(7-4-15)23-9-10-24-18/h1-2,11,15,21H,3-10,12H2,(H,19,22). The number of nitrogens with one attached hydrogen (secondary N) is 1. The second kappa shape index (κ2) is 6.26. The van der Waals surface area contributed by atoms with Crippen LogP contribution in [0.5, 0.6) is 5.75 Å². The largest absolute Gasteiger partial charge is 0.508 e. The SMILES string of the molecule is O=C(NC1CCC2(CC1)OCCO2)N1CCc2ccc(O)cc2C1. The van der Waals surface area contributed by atoms with Crippen LogP contribution in [0.3, 0.4) is 0 Å². The number of hydrogen-bond acceptors (Lipinski definition) is 4. The Kier molecular flexibility index (Phi) is 4.10. The average molecular weight is 332 g/mol. The van der Waals surface area contributed by atoms with Gasteiger partial charge in [0, 0.05) is 32.0 Å². The fraction of sp³-hybridized carbons (Fsp3) is 0.611. The molecule has 1 aromatic rings. The molecule has 0 bridgehead atoms. The predicted molar refractivity (Wildman–Crippen MR) is 87.6 cm³/mol. The highest BCUT2D eigenvalue weighted by atomic mass is 16.7. The summed E-state index contributed by atoms with van der Waals surface area (Å²) in [4.78, 5) is 14.4. The van der Waals surface area contributed by atoms with Crippen LogP contribution in [0.25, 0.3) is 0 Å². The molecule has 0 unspecified atom stereocenters. The minimum absolute atomic E-state index is 0.0156. The van der Waals surface area contributed by atoms with Crippen LogP contribution in [-0.2, 0) is 22.4 Å². The van der Waals surface area contributed by atoms with Gasteiger partial charge < -0.3 is 24.8 Å². The molecule has 1 spiro atoms. The van der Waals surface area contributed by atoms with Crippen LogP contribution in [0.2, 0.25) is 0 Å². The van der Waals surface area contributed by atoms with Crippen LogP contribution in [-0.4, -0.2) is 47.6 Å². The Morgan fingerprint density at radius 3 is 2.71 bits per heavy atom. The van der Waals surface area contributed by atoms with Crippen LogP contribution in [0.1, 0.15) is 36.8 Å². The number of hydrogen-bond donors (Lipinski definition) is 2. The van der Waals surface area contributed by atoms with Crippen LogP contribution >= 0.6 is 0 Å². The molecule has 2 N–H and O–H groups in total. The van der Waals surface area contributed by atoms with Crippen LogP contribution in [0.15, 0.2) is 18.2 Å². The summed E-state index contributed by atoms with van der Waals surface area (Å²) in [7, 11) is 0. The summed E-state index contributed by atoms with van der Waals surface area (Å²) in [5.74, 6) is -0.131. The van der Waals surface area contributed by atoms with E-state index < -0.39 is 0 Å². The summed E-state index contributed by atoms with van der Waals surface area (Å²) in [6.07, 6.45) is 4.29. The zero-order valence-corrected chi connectivity index (χ0v) is 13.8. The molecule has 1 aliphatic carbocycles. The lowest BCUT2D eigenvalue weighted by Gasteiger charge is -2.37. The van der Waals surface area contributed by atoms with Crippen molar-refractivity contribution in [3.8, 4) is 5.75 Å². The molecule has 0 atom stereocenters. The third kappa shape index (κ3) is 3.08. The number of phenols is 1. The topological polar surface area (TPSA) is 71.0 Å². The van der Waals surface area contributed by atoms with E-state index in [-0.39, 0.29) is 23.6 Å². The van der Waals surface area contributed by atoms with Gasteiger partial charge in [0.05, 0.1) is 13.2 Å². The van der Waals surface area contributed by atoms with Crippen molar-refractivity contribution in [1.82, 2.24) is 10.2 Å². The summed E-state index contributed by atoms with van der Waals surface area (Å²) < 4.78 is 11.5. The Balaban J connectivity index is 1.32. The molecular weight excluding hydrogens is 308 g/mol. The summed E-state index contributed by atoms with van der Waals surface area (Å²) in [5, 5.41) is 12.8. The molecule has 3 aliphatic rings. The van der Waals surface area contributed by atoms with Gasteiger partial charge in [-0.1, -0.05) is 6.07 Å². The van der Waals surface area contributed by atoms with E-state index in [9.17, 15) is 9.90 Å². The van der Waals surface area contributed by atoms with Crippen LogP contribution in [0.4, 0.5) is 4.79 Å². The molecule has 1 saturated carbocycles. The van der Waals surface area contributed by atoms with Gasteiger partial charge in [-0.05, 0) is 42.5 Å². The van der Waals surface area contributed by atoms with Crippen molar-refractivity contribution in [3.63, 3.8) is 0 Å². The van der Waals surface area contributed by atoms with Gasteiger partial charge in [0.25, 0.3) is 0 Å². The highest BCUT2D eigenvalue weighted by Gasteiger charge is 2.40. The number of urea groups is 1. The van der Waals surface area contributed by atoms with Gasteiger partial charge in [-0.15, -0.1) is 0 Å². The molecule has 1 aromatic carbocycles. The predicted octanol–water partition coefficient (Wildman–Crippen LogP) is 2.15. The normalized spacial score (nSPS) is 23.2. The number of benzene rings is 1. The maximum atomic E-state index is 12.6. The molecule has 130 valence electrons. The van der Waals surface area contributed by atoms with E-state index in [4.69, 9.17) is 9.47 Å². The summed E-state index contributed by atoms with van der Waals surface area (Å²) in [5.41, 5.74) is 2.25. The molecule has 2 fully saturated rings. The van der Waals surface area contributed by atoms with E-state index in [0.29, 0.717) is 26.3 Å². The minimum atomic E-state index is -0.386. The first kappa shape index (κ1) is 15.7. The summed E-state index contributed by atoms with van der Waals surface area (Å²) >= 11 is 0. The number of aromatic hydroxyl groups is 1. The Hall–Kier alpha value is -1.79. The van der Waals surface area contributed by atoms with E-state index >= 15 is 0 Å². The number of phenolic OH excluding ortho intramolecular Hbond substituents is 1. The molecule has 1 saturated heterocycles. The first-order chi connectivity index (χ1) is 11.6. The zero-order valence-electron chi connectivity index (χ0n) is 13.8. The molecule has 2 heterocycles. The zero-order chi connectivity index (χ0) is 16.6. The Morgan fingerprint density at radius 1 is 1.21 bits per heavy atom. The van der Waals surface area contributed by atoms with Crippen molar-refractivity contribution in [2.45, 2.75) is 50.5 Å². The third-order valence-corrected chi connectivity index (χ3v) is 5.38. The highest BCUT2D eigenvalue weighted by molar-refractivity contribution is 5.75. The summed E-state index contributed by atoms with van der Waals surface area (Å²) in [6.45, 7) is 2.62. The number of carbonyl (C=O) groups is 1. The number of carbonyl (C=O) groups excluding carboxylic acids is 1. The first-order valence-electron chi connectivity index (χ1n) is 8.78. The number of rotatable bonds is 1. The van der Waals surface area contributed by atoms with Gasteiger partial charge in [-0.25, -0.2) is 4.79 Å². The van der Waals surface area contributed by atoms with Gasteiger partial charge in [0.15, 0.2) is 5.79 Å². The molecule has 0 radical (unpaired) electrons. The molecule has 4 rings (SSSR count). The lowest BCUT2D eigenvalue weighted by molar-refractivity contribution is -0.179. The quantitative estimate of drug-likeness (QED) is 0.827. The minimum Gasteiger partial charge on any atom is -0.508 e. The number of ether oxygens (including phenoxy) is 2. The number of amides is 2. The highest BCUT2D eigenvalue weighted by Crippen LogP contribution is 2.35. The second-order valence-corrected chi connectivity index (χ2v) is 6.96. The van der Waals surface area contributed by atoms with Gasteiger partial charge in [0.2, 0.25) is 0 Å². The Bertz CT molecular complexity index is 617. The third-order valence-electron chi connectivity index (χ3n) is 5.38. The fourth-order valence-corrected chi connectivity index (χ4v) is 3.97. The van der Waals surface area contributed by atoms with Crippen molar-refractivity contribution in [2.24, 2.45) is 0 Å². The lowest BCUT2D eigenvalue weighted by atomic mass is 9.90. The average Bonchev–Trinajstić information content (AvgIpc) is 3.04. The van der Waals surface area contributed by atoms with E-state index in [1.54, 1.807) is 12.1 Å². The Morgan fingerprint density at radius 2 is 1.96 bits per heavy atom. The second-order valence-electron chi connectivity index (χ2n) is 6.96. The smallest absolute Gasteiger partial charge is 0.317 e. The molecule has 2 amide bonds. The van der Waals surface area contributed by atoms with Crippen LogP contribution in [0, 0.1) is 0 Å². The molecular formula is C18H24N2O4. The molecule has 24 heavy (non-hydrogen) atoms. The maximum absolute atomic E-state index is 12.6. The first-order valence-corrected chi connectivity index (χ1v) is 8.78. The van der Waals surface area contributed by atoms with Gasteiger partial charge in [0.1, 0.15) is 5.75 Å². The van der Waals surface area contributed by atoms with E-state index in [1.165, 1.54) is 5.56 Å². The molecule has 6 nitrogen and oxygen atoms in total.